The average molecular weight is 353 g/mol. The minimum Gasteiger partial charge on any atom is -0.335 e. The molecule has 1 aromatic heterocycles. The molecule has 0 atom stereocenters. The van der Waals surface area contributed by atoms with E-state index in [4.69, 9.17) is 0 Å². The smallest absolute Gasteiger partial charge is 0.275 e. The van der Waals surface area contributed by atoms with E-state index in [1.165, 1.54) is 12.1 Å². The Kier molecular flexibility index (Phi) is 4.03. The topological polar surface area (TPSA) is 50.2 Å². The van der Waals surface area contributed by atoms with Gasteiger partial charge in [0.1, 0.15) is 5.82 Å². The van der Waals surface area contributed by atoms with Gasteiger partial charge < -0.3 is 10.2 Å². The fraction of sp³-hybridized carbons (Fsp3) is 0.286. The Labute approximate surface area is 129 Å². The maximum absolute atomic E-state index is 13.0. The number of piperazine rings is 1. The van der Waals surface area contributed by atoms with E-state index in [-0.39, 0.29) is 11.7 Å². The summed E-state index contributed by atoms with van der Waals surface area (Å²) < 4.78 is 15.2. The molecule has 110 valence electrons. The van der Waals surface area contributed by atoms with Crippen molar-refractivity contribution in [3.05, 3.63) is 46.4 Å². The molecule has 1 N–H and O–H groups in total. The van der Waals surface area contributed by atoms with Crippen LogP contribution in [0.3, 0.4) is 0 Å². The molecule has 0 unspecified atom stereocenters. The molecule has 1 aliphatic heterocycles. The SMILES string of the molecule is O=C(c1nn(-c2ccc(F)cc2)cc1Br)N1CCNCC1. The predicted octanol–water partition coefficient (Wildman–Crippen LogP) is 1.82. The van der Waals surface area contributed by atoms with Gasteiger partial charge in [-0.3, -0.25) is 4.79 Å². The maximum Gasteiger partial charge on any atom is 0.275 e. The van der Waals surface area contributed by atoms with Gasteiger partial charge in [0, 0.05) is 32.4 Å². The summed E-state index contributed by atoms with van der Waals surface area (Å²) in [5.74, 6) is -0.397. The highest BCUT2D eigenvalue weighted by atomic mass is 79.9. The molecular formula is C14H14BrFN4O. The van der Waals surface area contributed by atoms with Crippen molar-refractivity contribution in [1.29, 1.82) is 0 Å². The first kappa shape index (κ1) is 14.2. The molecule has 0 spiro atoms. The summed E-state index contributed by atoms with van der Waals surface area (Å²) in [6.45, 7) is 2.94. The second kappa shape index (κ2) is 5.95. The molecule has 1 saturated heterocycles. The van der Waals surface area contributed by atoms with E-state index in [9.17, 15) is 9.18 Å². The highest BCUT2D eigenvalue weighted by Gasteiger charge is 2.23. The molecule has 1 aliphatic rings. The zero-order chi connectivity index (χ0) is 14.8. The Morgan fingerprint density at radius 1 is 1.24 bits per heavy atom. The quantitative estimate of drug-likeness (QED) is 0.896. The lowest BCUT2D eigenvalue weighted by atomic mass is 10.3. The van der Waals surface area contributed by atoms with E-state index in [0.717, 1.165) is 13.1 Å². The van der Waals surface area contributed by atoms with E-state index in [0.29, 0.717) is 28.9 Å². The molecule has 0 radical (unpaired) electrons. The standard InChI is InChI=1S/C14H14BrFN4O/c15-12-9-20(11-3-1-10(16)2-4-11)18-13(12)14(21)19-7-5-17-6-8-19/h1-4,9,17H,5-8H2. The van der Waals surface area contributed by atoms with Crippen molar-refractivity contribution >= 4 is 21.8 Å². The van der Waals surface area contributed by atoms with E-state index >= 15 is 0 Å². The second-order valence-corrected chi connectivity index (χ2v) is 5.64. The van der Waals surface area contributed by atoms with Crippen LogP contribution in [0.2, 0.25) is 0 Å². The monoisotopic (exact) mass is 352 g/mol. The molecular weight excluding hydrogens is 339 g/mol. The van der Waals surface area contributed by atoms with Crippen LogP contribution in [-0.2, 0) is 0 Å². The van der Waals surface area contributed by atoms with Crippen LogP contribution in [0.1, 0.15) is 10.5 Å². The van der Waals surface area contributed by atoms with Crippen molar-refractivity contribution in [3.63, 3.8) is 0 Å². The summed E-state index contributed by atoms with van der Waals surface area (Å²) in [7, 11) is 0. The summed E-state index contributed by atoms with van der Waals surface area (Å²) in [5, 5.41) is 7.53. The van der Waals surface area contributed by atoms with Gasteiger partial charge in [0.05, 0.1) is 10.2 Å². The lowest BCUT2D eigenvalue weighted by Crippen LogP contribution is -2.46. The third-order valence-electron chi connectivity index (χ3n) is 3.37. The number of halogens is 2. The molecule has 0 saturated carbocycles. The largest absolute Gasteiger partial charge is 0.335 e. The van der Waals surface area contributed by atoms with Crippen LogP contribution in [0.25, 0.3) is 5.69 Å². The van der Waals surface area contributed by atoms with Crippen LogP contribution in [0.15, 0.2) is 34.9 Å². The van der Waals surface area contributed by atoms with Crippen LogP contribution >= 0.6 is 15.9 Å². The summed E-state index contributed by atoms with van der Waals surface area (Å²) in [6.07, 6.45) is 1.71. The normalized spacial score (nSPS) is 15.2. The highest BCUT2D eigenvalue weighted by molar-refractivity contribution is 9.10. The molecule has 2 aromatic rings. The van der Waals surface area contributed by atoms with Crippen molar-refractivity contribution < 1.29 is 9.18 Å². The van der Waals surface area contributed by atoms with Crippen molar-refractivity contribution in [3.8, 4) is 5.69 Å². The number of rotatable bonds is 2. The van der Waals surface area contributed by atoms with Crippen LogP contribution in [0.4, 0.5) is 4.39 Å². The Bertz CT molecular complexity index is 649. The average Bonchev–Trinajstić information content (AvgIpc) is 2.90. The second-order valence-electron chi connectivity index (χ2n) is 4.79. The third-order valence-corrected chi connectivity index (χ3v) is 3.95. The van der Waals surface area contributed by atoms with Crippen molar-refractivity contribution in [2.24, 2.45) is 0 Å². The molecule has 1 amide bonds. The van der Waals surface area contributed by atoms with E-state index in [1.807, 2.05) is 0 Å². The number of nitrogens with zero attached hydrogens (tertiary/aromatic N) is 3. The minimum absolute atomic E-state index is 0.0933. The summed E-state index contributed by atoms with van der Waals surface area (Å²) in [4.78, 5) is 14.2. The highest BCUT2D eigenvalue weighted by Crippen LogP contribution is 2.20. The summed E-state index contributed by atoms with van der Waals surface area (Å²) in [6, 6.07) is 5.97. The Morgan fingerprint density at radius 2 is 1.90 bits per heavy atom. The van der Waals surface area contributed by atoms with Gasteiger partial charge in [-0.05, 0) is 40.2 Å². The minimum atomic E-state index is -0.304. The Morgan fingerprint density at radius 3 is 2.57 bits per heavy atom. The Balaban J connectivity index is 1.87. The fourth-order valence-corrected chi connectivity index (χ4v) is 2.68. The number of carbonyl (C=O) groups is 1. The number of amides is 1. The zero-order valence-electron chi connectivity index (χ0n) is 11.2. The first-order valence-corrected chi connectivity index (χ1v) is 7.45. The molecule has 2 heterocycles. The van der Waals surface area contributed by atoms with Crippen molar-refractivity contribution in [1.82, 2.24) is 20.0 Å². The fourth-order valence-electron chi connectivity index (χ4n) is 2.24. The molecule has 0 aliphatic carbocycles. The first-order valence-electron chi connectivity index (χ1n) is 6.66. The van der Waals surface area contributed by atoms with Crippen molar-refractivity contribution in [2.75, 3.05) is 26.2 Å². The number of aromatic nitrogens is 2. The van der Waals surface area contributed by atoms with Gasteiger partial charge in [0.25, 0.3) is 5.91 Å². The molecule has 0 bridgehead atoms. The van der Waals surface area contributed by atoms with Gasteiger partial charge in [0.15, 0.2) is 5.69 Å². The van der Waals surface area contributed by atoms with Crippen LogP contribution in [-0.4, -0.2) is 46.8 Å². The first-order chi connectivity index (χ1) is 10.1. The van der Waals surface area contributed by atoms with E-state index in [2.05, 4.69) is 26.3 Å². The molecule has 21 heavy (non-hydrogen) atoms. The van der Waals surface area contributed by atoms with Gasteiger partial charge in [-0.1, -0.05) is 0 Å². The van der Waals surface area contributed by atoms with Gasteiger partial charge in [-0.15, -0.1) is 0 Å². The molecule has 3 rings (SSSR count). The van der Waals surface area contributed by atoms with Gasteiger partial charge in [-0.25, -0.2) is 9.07 Å². The van der Waals surface area contributed by atoms with Crippen LogP contribution in [0.5, 0.6) is 0 Å². The molecule has 7 heteroatoms. The van der Waals surface area contributed by atoms with Gasteiger partial charge in [0.2, 0.25) is 0 Å². The molecule has 5 nitrogen and oxygen atoms in total. The lowest BCUT2D eigenvalue weighted by molar-refractivity contribution is 0.0728. The lowest BCUT2D eigenvalue weighted by Gasteiger charge is -2.26. The van der Waals surface area contributed by atoms with E-state index in [1.54, 1.807) is 27.9 Å². The van der Waals surface area contributed by atoms with Crippen LogP contribution < -0.4 is 5.32 Å². The molecule has 1 aromatic carbocycles. The van der Waals surface area contributed by atoms with Crippen molar-refractivity contribution in [2.45, 2.75) is 0 Å². The van der Waals surface area contributed by atoms with E-state index < -0.39 is 0 Å². The maximum atomic E-state index is 13.0. The predicted molar refractivity (Wildman–Crippen MR) is 80.0 cm³/mol. The summed E-state index contributed by atoms with van der Waals surface area (Å²) in [5.41, 5.74) is 1.08. The zero-order valence-corrected chi connectivity index (χ0v) is 12.8. The third kappa shape index (κ3) is 2.98. The Hall–Kier alpha value is -1.73. The number of benzene rings is 1. The van der Waals surface area contributed by atoms with Crippen LogP contribution in [0, 0.1) is 5.82 Å². The summed E-state index contributed by atoms with van der Waals surface area (Å²) >= 11 is 3.38. The van der Waals surface area contributed by atoms with Gasteiger partial charge in [-0.2, -0.15) is 5.10 Å². The molecule has 1 fully saturated rings. The number of hydrogen-bond donors (Lipinski definition) is 1. The number of nitrogens with one attached hydrogen (secondary N) is 1. The van der Waals surface area contributed by atoms with Gasteiger partial charge >= 0.3 is 0 Å². The number of hydrogen-bond acceptors (Lipinski definition) is 3. The number of carbonyl (C=O) groups excluding carboxylic acids is 1.